The summed E-state index contributed by atoms with van der Waals surface area (Å²) in [4.78, 5) is 3.38. The molecule has 1 aromatic rings. The zero-order chi connectivity index (χ0) is 10.9. The molecule has 0 amide bonds. The predicted molar refractivity (Wildman–Crippen MR) is 43.3 cm³/mol. The Morgan fingerprint density at radius 2 is 2.27 bits per heavy atom. The molecular formula is C7H10ClNO2. The number of rotatable bonds is 2. The van der Waals surface area contributed by atoms with Gasteiger partial charge >= 0.3 is 0 Å². The highest BCUT2D eigenvalue weighted by Gasteiger charge is 1.96. The number of hydrogen-bond donors (Lipinski definition) is 2. The van der Waals surface area contributed by atoms with Crippen molar-refractivity contribution in [3.63, 3.8) is 0 Å². The van der Waals surface area contributed by atoms with Gasteiger partial charge in [0.15, 0.2) is 0 Å². The highest BCUT2D eigenvalue weighted by molar-refractivity contribution is 5.85. The molecule has 1 unspecified atom stereocenters. The van der Waals surface area contributed by atoms with E-state index in [2.05, 4.69) is 4.98 Å². The van der Waals surface area contributed by atoms with E-state index >= 15 is 0 Å². The van der Waals surface area contributed by atoms with Crippen molar-refractivity contribution in [2.45, 2.75) is 13.2 Å². The van der Waals surface area contributed by atoms with Crippen molar-refractivity contribution in [3.05, 3.63) is 29.5 Å². The van der Waals surface area contributed by atoms with Crippen molar-refractivity contribution in [1.82, 2.24) is 4.98 Å². The van der Waals surface area contributed by atoms with Gasteiger partial charge in [0, 0.05) is 17.9 Å². The Morgan fingerprint density at radius 1 is 1.55 bits per heavy atom. The molecule has 11 heavy (non-hydrogen) atoms. The fraction of sp³-hybridized carbons (Fsp3) is 0.286. The number of aliphatic hydroxyl groups is 2. The quantitative estimate of drug-likeness (QED) is 0.695. The lowest BCUT2D eigenvalue weighted by Gasteiger charge is -2.00. The van der Waals surface area contributed by atoms with E-state index < -0.39 is 25.4 Å². The van der Waals surface area contributed by atoms with Crippen molar-refractivity contribution >= 4 is 12.4 Å². The van der Waals surface area contributed by atoms with Gasteiger partial charge in [0.2, 0.25) is 0 Å². The van der Waals surface area contributed by atoms with Crippen molar-refractivity contribution in [2.75, 3.05) is 0 Å². The molecule has 0 saturated carbocycles. The van der Waals surface area contributed by atoms with Crippen LogP contribution >= 0.6 is 12.4 Å². The summed E-state index contributed by atoms with van der Waals surface area (Å²) >= 11 is 0. The number of aromatic nitrogens is 1. The average molecular weight is 180 g/mol. The summed E-state index contributed by atoms with van der Waals surface area (Å²) in [5.74, 6) is 0. The van der Waals surface area contributed by atoms with Crippen molar-refractivity contribution in [1.29, 1.82) is 0 Å². The minimum Gasteiger partial charge on any atom is -0.392 e. The molecular weight excluding hydrogens is 166 g/mol. The number of nitrogens with zero attached hydrogens (tertiary/aromatic N) is 1. The predicted octanol–water partition coefficient (Wildman–Crippen LogP) is 0.488. The Balaban J connectivity index is 0.00000196. The summed E-state index contributed by atoms with van der Waals surface area (Å²) in [6.07, 6.45) is -0.858. The van der Waals surface area contributed by atoms with Crippen molar-refractivity contribution < 1.29 is 15.7 Å². The van der Waals surface area contributed by atoms with Gasteiger partial charge < -0.3 is 10.2 Å². The van der Waals surface area contributed by atoms with Crippen LogP contribution in [0.4, 0.5) is 0 Å². The van der Waals surface area contributed by atoms with Crippen molar-refractivity contribution in [2.24, 2.45) is 0 Å². The van der Waals surface area contributed by atoms with E-state index in [1.807, 2.05) is 0 Å². The van der Waals surface area contributed by atoms with Crippen LogP contribution in [0.25, 0.3) is 0 Å². The second-order valence-electron chi connectivity index (χ2n) is 1.64. The topological polar surface area (TPSA) is 53.4 Å². The molecule has 0 spiro atoms. The molecule has 1 heterocycles. The van der Waals surface area contributed by atoms with Crippen LogP contribution in [0.15, 0.2) is 18.4 Å². The van der Waals surface area contributed by atoms with Gasteiger partial charge in [-0.25, -0.2) is 0 Å². The summed E-state index contributed by atoms with van der Waals surface area (Å²) in [5, 5.41) is 17.9. The molecule has 0 bridgehead atoms. The Morgan fingerprint density at radius 3 is 2.82 bits per heavy atom. The number of hydrogen-bond acceptors (Lipinski definition) is 3. The van der Waals surface area contributed by atoms with Gasteiger partial charge in [0.25, 0.3) is 0 Å². The van der Waals surface area contributed by atoms with Crippen LogP contribution < -0.4 is 0 Å². The Labute approximate surface area is 76.7 Å². The molecule has 3 nitrogen and oxygen atoms in total. The normalized spacial score (nSPS) is 16.9. The summed E-state index contributed by atoms with van der Waals surface area (Å²) in [5.41, 5.74) is -0.300. The number of aliphatic hydroxyl groups excluding tert-OH is 2. The van der Waals surface area contributed by atoms with Gasteiger partial charge in [0.05, 0.1) is 18.7 Å². The smallest absolute Gasteiger partial charge is 0.0844 e. The van der Waals surface area contributed by atoms with E-state index in [0.29, 0.717) is 0 Å². The molecule has 0 radical (unpaired) electrons. The Kier molecular flexibility index (Phi) is 2.34. The Hall–Kier alpha value is -0.640. The maximum atomic E-state index is 9.01. The van der Waals surface area contributed by atoms with Crippen LogP contribution in [0.3, 0.4) is 0 Å². The molecule has 0 aliphatic carbocycles. The summed E-state index contributed by atoms with van der Waals surface area (Å²) in [7, 11) is 0. The summed E-state index contributed by atoms with van der Waals surface area (Å²) in [6, 6.07) is -0.424. The van der Waals surface area contributed by atoms with Crippen LogP contribution in [0.5, 0.6) is 0 Å². The van der Waals surface area contributed by atoms with E-state index in [0.717, 1.165) is 0 Å². The van der Waals surface area contributed by atoms with Gasteiger partial charge in [-0.05, 0) is 11.6 Å². The molecule has 2 N–H and O–H groups in total. The lowest BCUT2D eigenvalue weighted by atomic mass is 10.2. The van der Waals surface area contributed by atoms with Gasteiger partial charge in [-0.3, -0.25) is 4.98 Å². The van der Waals surface area contributed by atoms with Gasteiger partial charge in [-0.2, -0.15) is 0 Å². The second kappa shape index (κ2) is 5.07. The third kappa shape index (κ3) is 2.46. The standard InChI is InChI=1S/C7H9NO2.ClH/c9-4-6-1-2-8-3-7(6)5-10;/h1-3,9-10H,4-5H2;1H/i1D,2D,3D,4D;. The SMILES string of the molecule is Cl.[2H]c1nc([2H])c(CO)c(C([2H])O)c1[2H]. The van der Waals surface area contributed by atoms with Crippen LogP contribution in [0, 0.1) is 0 Å². The fourth-order valence-corrected chi connectivity index (χ4v) is 0.550. The minimum absolute atomic E-state index is 0. The van der Waals surface area contributed by atoms with Crippen LogP contribution in [0.2, 0.25) is 0 Å². The lowest BCUT2D eigenvalue weighted by molar-refractivity contribution is 0.259. The summed E-state index contributed by atoms with van der Waals surface area (Å²) < 4.78 is 28.8. The Bertz CT molecular complexity index is 361. The zero-order valence-corrected chi connectivity index (χ0v) is 6.35. The first-order valence-corrected chi connectivity index (χ1v) is 2.66. The first-order valence-electron chi connectivity index (χ1n) is 4.74. The molecule has 0 saturated heterocycles. The highest BCUT2D eigenvalue weighted by Crippen LogP contribution is 2.05. The maximum absolute atomic E-state index is 9.01. The molecule has 4 heteroatoms. The average Bonchev–Trinajstić information content (AvgIpc) is 2.10. The monoisotopic (exact) mass is 179 g/mol. The molecule has 0 fully saturated rings. The molecule has 62 valence electrons. The number of pyridine rings is 1. The molecule has 1 atom stereocenters. The summed E-state index contributed by atoms with van der Waals surface area (Å²) in [6.45, 7) is -2.32. The molecule has 0 aliphatic rings. The van der Waals surface area contributed by atoms with E-state index in [1.165, 1.54) is 0 Å². The third-order valence-corrected chi connectivity index (χ3v) is 1.05. The second-order valence-corrected chi connectivity index (χ2v) is 1.64. The third-order valence-electron chi connectivity index (χ3n) is 1.05. The molecule has 1 rings (SSSR count). The highest BCUT2D eigenvalue weighted by atomic mass is 35.5. The van der Waals surface area contributed by atoms with E-state index in [4.69, 9.17) is 15.7 Å². The van der Waals surface area contributed by atoms with E-state index in [-0.39, 0.29) is 29.7 Å². The van der Waals surface area contributed by atoms with Gasteiger partial charge in [0.1, 0.15) is 0 Å². The molecule has 1 aromatic heterocycles. The molecule has 0 aliphatic heterocycles. The lowest BCUT2D eigenvalue weighted by Crippen LogP contribution is -1.93. The van der Waals surface area contributed by atoms with E-state index in [9.17, 15) is 0 Å². The molecule has 0 aromatic carbocycles. The van der Waals surface area contributed by atoms with Crippen LogP contribution in [-0.4, -0.2) is 15.2 Å². The van der Waals surface area contributed by atoms with Crippen molar-refractivity contribution in [3.8, 4) is 0 Å². The zero-order valence-electron chi connectivity index (χ0n) is 9.53. The van der Waals surface area contributed by atoms with Gasteiger partial charge in [-0.1, -0.05) is 0 Å². The minimum atomic E-state index is -1.74. The first-order chi connectivity index (χ1) is 6.49. The fourth-order valence-electron chi connectivity index (χ4n) is 0.550. The van der Waals surface area contributed by atoms with Crippen LogP contribution in [0.1, 0.15) is 16.6 Å². The maximum Gasteiger partial charge on any atom is 0.0844 e. The van der Waals surface area contributed by atoms with Crippen LogP contribution in [-0.2, 0) is 13.2 Å². The first kappa shape index (κ1) is 5.09. The van der Waals surface area contributed by atoms with E-state index in [1.54, 1.807) is 0 Å². The number of halogens is 1. The largest absolute Gasteiger partial charge is 0.392 e. The van der Waals surface area contributed by atoms with Gasteiger partial charge in [-0.15, -0.1) is 12.4 Å².